The van der Waals surface area contributed by atoms with Gasteiger partial charge in [-0.05, 0) is 99.9 Å². The van der Waals surface area contributed by atoms with Crippen molar-refractivity contribution in [1.82, 2.24) is 0 Å². The quantitative estimate of drug-likeness (QED) is 0.0241. The third-order valence-corrected chi connectivity index (χ3v) is 12.2. The topological polar surface area (TPSA) is 46.7 Å². The van der Waals surface area contributed by atoms with E-state index in [1.165, 1.54) is 114 Å². The normalized spacial score (nSPS) is 11.3. The summed E-state index contributed by atoms with van der Waals surface area (Å²) in [4.78, 5) is 5.19. The van der Waals surface area contributed by atoms with Crippen molar-refractivity contribution in [2.45, 2.75) is 129 Å². The lowest BCUT2D eigenvalue weighted by molar-refractivity contribution is -0.697. The zero-order valence-corrected chi connectivity index (χ0v) is 38.7. The molecule has 0 aliphatic rings. The summed E-state index contributed by atoms with van der Waals surface area (Å²) >= 11 is 0. The minimum absolute atomic E-state index is 0.891. The summed E-state index contributed by atoms with van der Waals surface area (Å²) < 4.78 is 9.16. The molecule has 0 spiro atoms. The summed E-state index contributed by atoms with van der Waals surface area (Å²) in [5.74, 6) is 0. The third kappa shape index (κ3) is 18.9. The summed E-state index contributed by atoms with van der Waals surface area (Å²) in [6, 6.07) is 42.8. The van der Waals surface area contributed by atoms with Crippen molar-refractivity contribution in [3.63, 3.8) is 0 Å². The fourth-order valence-electron chi connectivity index (χ4n) is 8.45. The summed E-state index contributed by atoms with van der Waals surface area (Å²) in [5, 5.41) is 9.36. The van der Waals surface area contributed by atoms with Crippen LogP contribution < -0.4 is 28.1 Å². The van der Waals surface area contributed by atoms with Crippen LogP contribution in [0.15, 0.2) is 181 Å². The van der Waals surface area contributed by atoms with Gasteiger partial charge in [-0.15, -0.1) is 0 Å². The molecule has 4 heterocycles. The van der Waals surface area contributed by atoms with E-state index >= 15 is 0 Å². The van der Waals surface area contributed by atoms with Crippen molar-refractivity contribution in [1.29, 1.82) is 0 Å². The van der Waals surface area contributed by atoms with E-state index < -0.39 is 0 Å². The van der Waals surface area contributed by atoms with E-state index in [0.717, 1.165) is 63.7 Å². The molecule has 8 heteroatoms. The van der Waals surface area contributed by atoms with Gasteiger partial charge in [-0.3, -0.25) is 0 Å². The molecule has 64 heavy (non-hydrogen) atoms. The molecule has 2 aromatic carbocycles. The van der Waals surface area contributed by atoms with Crippen molar-refractivity contribution >= 4 is 22.7 Å². The largest absolute Gasteiger partial charge is 0.372 e. The Labute approximate surface area is 385 Å². The Kier molecular flexibility index (Phi) is 22.0. The highest BCUT2D eigenvalue weighted by Crippen LogP contribution is 2.26. The van der Waals surface area contributed by atoms with Crippen LogP contribution in [-0.4, -0.2) is 26.2 Å². The average Bonchev–Trinajstić information content (AvgIpc) is 3.35. The minimum atomic E-state index is 0.891. The van der Waals surface area contributed by atoms with Gasteiger partial charge in [0.2, 0.25) is 0 Å². The van der Waals surface area contributed by atoms with Gasteiger partial charge in [0.25, 0.3) is 0 Å². The Morgan fingerprint density at radius 1 is 0.266 bits per heavy atom. The second-order valence-electron chi connectivity index (χ2n) is 17.3. The second-order valence-corrected chi connectivity index (χ2v) is 17.3. The number of nitrogens with zero attached hydrogens (tertiary/aromatic N) is 8. The number of hydrogen-bond donors (Lipinski definition) is 0. The number of azo groups is 1. The summed E-state index contributed by atoms with van der Waals surface area (Å²) in [6.45, 7) is 8.72. The smallest absolute Gasteiger partial charge is 0.168 e. The molecule has 6 rings (SSSR count). The Hall–Kier alpha value is -5.76. The summed E-state index contributed by atoms with van der Waals surface area (Å²) in [7, 11) is 0. The van der Waals surface area contributed by atoms with Gasteiger partial charge in [-0.1, -0.05) is 49.9 Å². The van der Waals surface area contributed by atoms with Crippen LogP contribution in [0.2, 0.25) is 0 Å². The zero-order chi connectivity index (χ0) is 44.0. The number of pyridine rings is 4. The molecule has 0 unspecified atom stereocenters. The van der Waals surface area contributed by atoms with E-state index in [1.807, 2.05) is 0 Å². The highest BCUT2D eigenvalue weighted by molar-refractivity contribution is 5.54. The molecule has 0 amide bonds. The molecule has 0 atom stereocenters. The van der Waals surface area contributed by atoms with Crippen molar-refractivity contribution in [2.24, 2.45) is 10.2 Å². The Bertz CT molecular complexity index is 1820. The number of aromatic nitrogens is 4. The van der Waals surface area contributed by atoms with Crippen molar-refractivity contribution in [2.75, 3.05) is 36.0 Å². The van der Waals surface area contributed by atoms with Crippen LogP contribution in [-0.2, 0) is 26.2 Å². The summed E-state index contributed by atoms with van der Waals surface area (Å²) in [6.07, 6.45) is 37.1. The van der Waals surface area contributed by atoms with Gasteiger partial charge < -0.3 is 9.80 Å². The second kappa shape index (κ2) is 29.6. The molecule has 0 radical (unpaired) electrons. The number of unbranched alkanes of at least 4 members (excludes halogenated alkanes) is 12. The molecular formula is C56H76N8+4. The molecule has 4 aromatic heterocycles. The molecule has 8 nitrogen and oxygen atoms in total. The maximum atomic E-state index is 4.68. The average molecular weight is 861 g/mol. The monoisotopic (exact) mass is 861 g/mol. The van der Waals surface area contributed by atoms with Crippen LogP contribution in [0, 0.1) is 0 Å². The molecule has 336 valence electrons. The fraction of sp³-hybridized carbons (Fsp3) is 0.429. The number of aryl methyl sites for hydroxylation is 4. The predicted molar refractivity (Wildman–Crippen MR) is 262 cm³/mol. The lowest BCUT2D eigenvalue weighted by Crippen LogP contribution is -2.32. The first-order valence-electron chi connectivity index (χ1n) is 24.7. The minimum Gasteiger partial charge on any atom is -0.372 e. The molecule has 0 saturated carbocycles. The van der Waals surface area contributed by atoms with Gasteiger partial charge >= 0.3 is 0 Å². The van der Waals surface area contributed by atoms with Gasteiger partial charge in [0.05, 0.1) is 11.4 Å². The standard InChI is InChI=1S/C56H76N8/c1(13-37-59-41-17-9-18-42-59)5-25-49-63(50-26-6-2-14-38-60-43-19-10-20-44-60)55-33-29-53(30-34-55)57-58-54-31-35-56(36-32-54)64(51-27-7-3-15-39-61-45-21-11-22-46-61)52-28-8-4-16-40-62-47-23-12-24-48-62/h9-12,17-24,29-36,41-48H,1-8,13-16,25-28,37-40,49-52H2/q+4. The molecule has 0 fully saturated rings. The summed E-state index contributed by atoms with van der Waals surface area (Å²) in [5.41, 5.74) is 4.35. The van der Waals surface area contributed by atoms with E-state index in [-0.39, 0.29) is 0 Å². The maximum Gasteiger partial charge on any atom is 0.168 e. The van der Waals surface area contributed by atoms with Gasteiger partial charge in [0.15, 0.2) is 49.6 Å². The van der Waals surface area contributed by atoms with Crippen LogP contribution in [0.5, 0.6) is 0 Å². The first kappa shape index (κ1) is 47.7. The highest BCUT2D eigenvalue weighted by atomic mass is 15.1. The van der Waals surface area contributed by atoms with E-state index in [0.29, 0.717) is 0 Å². The maximum absolute atomic E-state index is 4.68. The third-order valence-electron chi connectivity index (χ3n) is 12.2. The molecule has 6 aromatic rings. The van der Waals surface area contributed by atoms with E-state index in [4.69, 9.17) is 0 Å². The van der Waals surface area contributed by atoms with Crippen molar-refractivity contribution < 1.29 is 18.3 Å². The molecule has 0 aliphatic carbocycles. The molecular weight excluding hydrogens is 785 g/mol. The van der Waals surface area contributed by atoms with E-state index in [2.05, 4.69) is 209 Å². The van der Waals surface area contributed by atoms with Crippen molar-refractivity contribution in [3.05, 3.63) is 171 Å². The van der Waals surface area contributed by atoms with Gasteiger partial charge in [0.1, 0.15) is 26.2 Å². The van der Waals surface area contributed by atoms with Gasteiger partial charge in [0, 0.05) is 112 Å². The predicted octanol–water partition coefficient (Wildman–Crippen LogP) is 11.9. The molecule has 0 aliphatic heterocycles. The lowest BCUT2D eigenvalue weighted by Gasteiger charge is -2.25. The van der Waals surface area contributed by atoms with Crippen LogP contribution >= 0.6 is 0 Å². The lowest BCUT2D eigenvalue weighted by atomic mass is 10.1. The van der Waals surface area contributed by atoms with Crippen LogP contribution in [0.4, 0.5) is 22.7 Å². The van der Waals surface area contributed by atoms with Gasteiger partial charge in [-0.2, -0.15) is 10.2 Å². The van der Waals surface area contributed by atoms with Crippen LogP contribution in [0.3, 0.4) is 0 Å². The van der Waals surface area contributed by atoms with Crippen molar-refractivity contribution in [3.8, 4) is 0 Å². The number of anilines is 2. The fourth-order valence-corrected chi connectivity index (χ4v) is 8.45. The van der Waals surface area contributed by atoms with Crippen LogP contribution in [0.25, 0.3) is 0 Å². The zero-order valence-electron chi connectivity index (χ0n) is 38.7. The molecule has 0 saturated heterocycles. The number of benzene rings is 2. The Morgan fingerprint density at radius 2 is 0.500 bits per heavy atom. The number of rotatable bonds is 32. The first-order valence-corrected chi connectivity index (χ1v) is 24.7. The SMILES string of the molecule is c1cc[n+](CCCCCCN(CCCCCC[n+]2ccccc2)c2ccc(N=Nc3ccc(N(CCCCCC[n+]4ccccc4)CCCCCC[n+]4ccccc4)cc3)cc2)cc1. The van der Waals surface area contributed by atoms with Gasteiger partial charge in [-0.25, -0.2) is 18.3 Å². The Balaban J connectivity index is 0.975. The Morgan fingerprint density at radius 3 is 0.750 bits per heavy atom. The first-order chi connectivity index (χ1) is 31.8. The number of hydrogen-bond acceptors (Lipinski definition) is 4. The van der Waals surface area contributed by atoms with Crippen LogP contribution in [0.1, 0.15) is 103 Å². The van der Waals surface area contributed by atoms with E-state index in [1.54, 1.807) is 0 Å². The van der Waals surface area contributed by atoms with E-state index in [9.17, 15) is 0 Å². The molecule has 0 N–H and O–H groups in total. The highest BCUT2D eigenvalue weighted by Gasteiger charge is 2.10. The molecule has 0 bridgehead atoms.